The molecule has 0 aliphatic heterocycles. The van der Waals surface area contributed by atoms with E-state index in [0.29, 0.717) is 0 Å². The minimum absolute atomic E-state index is 1.02. The highest BCUT2D eigenvalue weighted by Gasteiger charge is 1.73. The van der Waals surface area contributed by atoms with E-state index in [1.165, 1.54) is 0 Å². The van der Waals surface area contributed by atoms with E-state index in [2.05, 4.69) is 28.6 Å². The molecule has 0 unspecified atom stereocenters. The Labute approximate surface area is 83.6 Å². The first-order valence-corrected chi connectivity index (χ1v) is 5.55. The molecule has 0 saturated heterocycles. The molecule has 0 fully saturated rings. The predicted octanol–water partition coefficient (Wildman–Crippen LogP) is 4.01. The number of halogens is 1. The van der Waals surface area contributed by atoms with Crippen LogP contribution in [0.5, 0.6) is 0 Å². The zero-order valence-corrected chi connectivity index (χ0v) is 9.69. The second-order valence-electron chi connectivity index (χ2n) is 1.34. The van der Waals surface area contributed by atoms with Crippen molar-refractivity contribution in [3.05, 3.63) is 30.3 Å². The van der Waals surface area contributed by atoms with E-state index in [1.54, 1.807) is 0 Å². The van der Waals surface area contributed by atoms with Gasteiger partial charge in [-0.2, -0.15) is 0 Å². The molecular formula is C9H15BrS. The van der Waals surface area contributed by atoms with Crippen LogP contribution in [0.1, 0.15) is 13.8 Å². The Balaban J connectivity index is 0. The third-order valence-electron chi connectivity index (χ3n) is 0.756. The average molecular weight is 235 g/mol. The molecule has 0 aromatic heterocycles. The van der Waals surface area contributed by atoms with Crippen molar-refractivity contribution in [3.8, 4) is 0 Å². The van der Waals surface area contributed by atoms with Gasteiger partial charge >= 0.3 is 0 Å². The fraction of sp³-hybridized carbons (Fsp3) is 0.333. The highest BCUT2D eigenvalue weighted by molar-refractivity contribution is 9.08. The minimum Gasteiger partial charge on any atom is -0.143 e. The van der Waals surface area contributed by atoms with E-state index in [0.717, 1.165) is 4.90 Å². The summed E-state index contributed by atoms with van der Waals surface area (Å²) < 4.78 is 0. The molecule has 0 aliphatic carbocycles. The summed E-state index contributed by atoms with van der Waals surface area (Å²) >= 11 is 7.02. The van der Waals surface area contributed by atoms with E-state index in [4.69, 9.17) is 0 Å². The van der Waals surface area contributed by atoms with Crippen LogP contribution in [0, 0.1) is 0 Å². The lowest BCUT2D eigenvalue weighted by atomic mass is 10.4. The van der Waals surface area contributed by atoms with E-state index >= 15 is 0 Å². The van der Waals surface area contributed by atoms with Crippen molar-refractivity contribution in [3.63, 3.8) is 0 Å². The second kappa shape index (κ2) is 12.7. The summed E-state index contributed by atoms with van der Waals surface area (Å²) in [5.74, 6) is 1.81. The average Bonchev–Trinajstić information content (AvgIpc) is 2.13. The molecule has 0 amide bonds. The Morgan fingerprint density at radius 2 is 1.36 bits per heavy atom. The van der Waals surface area contributed by atoms with Crippen LogP contribution in [0.4, 0.5) is 0 Å². The molecule has 0 saturated carbocycles. The highest BCUT2D eigenvalue weighted by Crippen LogP contribution is 2.00. The first-order chi connectivity index (χ1) is 5.39. The summed E-state index contributed by atoms with van der Waals surface area (Å²) in [6, 6.07) is 9.79. The van der Waals surface area contributed by atoms with Crippen LogP contribution < -0.4 is 0 Å². The lowest BCUT2D eigenvalue weighted by Gasteiger charge is -1.81. The van der Waals surface area contributed by atoms with Crippen LogP contribution >= 0.6 is 28.6 Å². The summed E-state index contributed by atoms with van der Waals surface area (Å²) in [6.45, 7) is 4.00. The normalized spacial score (nSPS) is 6.64. The van der Waals surface area contributed by atoms with E-state index in [1.807, 2.05) is 50.0 Å². The number of rotatable bonds is 0. The van der Waals surface area contributed by atoms with E-state index < -0.39 is 0 Å². The second-order valence-corrected chi connectivity index (χ2v) is 1.85. The number of benzene rings is 1. The van der Waals surface area contributed by atoms with Crippen molar-refractivity contribution >= 4 is 28.6 Å². The maximum Gasteiger partial charge on any atom is 0.00399 e. The van der Waals surface area contributed by atoms with Crippen LogP contribution in [0.3, 0.4) is 0 Å². The van der Waals surface area contributed by atoms with Gasteiger partial charge in [-0.05, 0) is 18.0 Å². The molecule has 1 rings (SSSR count). The molecule has 0 nitrogen and oxygen atoms in total. The third kappa shape index (κ3) is 10.1. The predicted molar refractivity (Wildman–Crippen MR) is 59.9 cm³/mol. The molecular weight excluding hydrogens is 220 g/mol. The van der Waals surface area contributed by atoms with Crippen molar-refractivity contribution in [1.82, 2.24) is 0 Å². The number of hydrogen-bond donors (Lipinski definition) is 1. The van der Waals surface area contributed by atoms with Crippen molar-refractivity contribution in [1.29, 1.82) is 0 Å². The Morgan fingerprint density at radius 1 is 1.00 bits per heavy atom. The summed E-state index contributed by atoms with van der Waals surface area (Å²) in [5.41, 5.74) is 0. The minimum atomic E-state index is 1.02. The molecule has 1 aromatic rings. The van der Waals surface area contributed by atoms with Gasteiger partial charge in [-0.1, -0.05) is 48.0 Å². The first-order valence-electron chi connectivity index (χ1n) is 3.51. The monoisotopic (exact) mass is 234 g/mol. The molecule has 0 radical (unpaired) electrons. The van der Waals surface area contributed by atoms with Crippen LogP contribution in [0.15, 0.2) is 35.2 Å². The molecule has 0 heterocycles. The third-order valence-corrected chi connectivity index (χ3v) is 1.05. The largest absolute Gasteiger partial charge is 0.143 e. The van der Waals surface area contributed by atoms with Gasteiger partial charge in [-0.25, -0.2) is 0 Å². The summed E-state index contributed by atoms with van der Waals surface area (Å²) in [4.78, 5) is 1.02. The first kappa shape index (κ1) is 13.6. The fourth-order valence-corrected chi connectivity index (χ4v) is 0.600. The number of alkyl halides is 1. The van der Waals surface area contributed by atoms with Crippen LogP contribution in [0.2, 0.25) is 0 Å². The van der Waals surface area contributed by atoms with Gasteiger partial charge < -0.3 is 0 Å². The van der Waals surface area contributed by atoms with Gasteiger partial charge in [0.1, 0.15) is 0 Å². The van der Waals surface area contributed by atoms with Crippen LogP contribution in [0.25, 0.3) is 0 Å². The van der Waals surface area contributed by atoms with Crippen molar-refractivity contribution in [2.24, 2.45) is 0 Å². The lowest BCUT2D eigenvalue weighted by molar-refractivity contribution is 1.48. The maximum atomic E-state index is 4.08. The molecule has 64 valence electrons. The standard InChI is InChI=1S/C6H6S.C2H6.CH3Br/c7-6-4-2-1-3-5-6;2*1-2/h1-5,7H;1-2H3;1H3. The molecule has 0 bridgehead atoms. The van der Waals surface area contributed by atoms with Crippen LogP contribution in [-0.2, 0) is 0 Å². The van der Waals surface area contributed by atoms with Gasteiger partial charge in [0.15, 0.2) is 0 Å². The SMILES string of the molecule is CBr.CC.Sc1ccccc1. The molecule has 11 heavy (non-hydrogen) atoms. The van der Waals surface area contributed by atoms with Crippen LogP contribution in [-0.4, -0.2) is 5.83 Å². The molecule has 2 heteroatoms. The van der Waals surface area contributed by atoms with Gasteiger partial charge in [0.25, 0.3) is 0 Å². The van der Waals surface area contributed by atoms with Crippen molar-refractivity contribution < 1.29 is 0 Å². The highest BCUT2D eigenvalue weighted by atomic mass is 79.9. The fourth-order valence-electron chi connectivity index (χ4n) is 0.428. The Bertz CT molecular complexity index is 139. The Kier molecular flexibility index (Phi) is 15.7. The number of hydrogen-bond acceptors (Lipinski definition) is 1. The van der Waals surface area contributed by atoms with Gasteiger partial charge in [0, 0.05) is 4.90 Å². The zero-order valence-electron chi connectivity index (χ0n) is 7.21. The lowest BCUT2D eigenvalue weighted by Crippen LogP contribution is -1.56. The Hall–Kier alpha value is 0.0500. The summed E-state index contributed by atoms with van der Waals surface area (Å²) in [7, 11) is 0. The van der Waals surface area contributed by atoms with Crippen molar-refractivity contribution in [2.45, 2.75) is 18.7 Å². The molecule has 0 N–H and O–H groups in total. The van der Waals surface area contributed by atoms with Crippen molar-refractivity contribution in [2.75, 3.05) is 5.83 Å². The van der Waals surface area contributed by atoms with E-state index in [-0.39, 0.29) is 0 Å². The van der Waals surface area contributed by atoms with Gasteiger partial charge in [0.05, 0.1) is 0 Å². The molecule has 0 atom stereocenters. The number of thiol groups is 1. The molecule has 1 aromatic carbocycles. The van der Waals surface area contributed by atoms with E-state index in [9.17, 15) is 0 Å². The topological polar surface area (TPSA) is 0 Å². The smallest absolute Gasteiger partial charge is 0.00399 e. The Morgan fingerprint density at radius 3 is 1.55 bits per heavy atom. The van der Waals surface area contributed by atoms with Gasteiger partial charge in [-0.3, -0.25) is 0 Å². The summed E-state index contributed by atoms with van der Waals surface area (Å²) in [6.07, 6.45) is 0. The zero-order chi connectivity index (χ0) is 9.11. The quantitative estimate of drug-likeness (QED) is 0.509. The maximum absolute atomic E-state index is 4.08. The molecule has 0 aliphatic rings. The summed E-state index contributed by atoms with van der Waals surface area (Å²) in [5, 5.41) is 0. The van der Waals surface area contributed by atoms with Gasteiger partial charge in [-0.15, -0.1) is 12.6 Å². The van der Waals surface area contributed by atoms with Gasteiger partial charge in [0.2, 0.25) is 0 Å². The molecule has 0 spiro atoms.